The van der Waals surface area contributed by atoms with Crippen molar-refractivity contribution in [3.8, 4) is 0 Å². The van der Waals surface area contributed by atoms with E-state index in [1.165, 1.54) is 6.26 Å². The van der Waals surface area contributed by atoms with Gasteiger partial charge in [0.05, 0.1) is 6.26 Å². The van der Waals surface area contributed by atoms with E-state index < -0.39 is 5.97 Å². The fraction of sp³-hybridized carbons (Fsp3) is 0.571. The Balaban J connectivity index is 2.10. The van der Waals surface area contributed by atoms with Crippen LogP contribution in [-0.2, 0) is 11.3 Å². The molecule has 1 fully saturated rings. The molecule has 2 heterocycles. The summed E-state index contributed by atoms with van der Waals surface area (Å²) in [6, 6.07) is 1.61. The maximum atomic E-state index is 12.0. The van der Waals surface area contributed by atoms with Crippen molar-refractivity contribution in [2.24, 2.45) is 11.3 Å². The van der Waals surface area contributed by atoms with Gasteiger partial charge in [-0.3, -0.25) is 4.79 Å². The molecule has 1 amide bonds. The first-order valence-electron chi connectivity index (χ1n) is 6.36. The van der Waals surface area contributed by atoms with Gasteiger partial charge in [0, 0.05) is 25.1 Å². The first-order valence-corrected chi connectivity index (χ1v) is 6.36. The molecule has 2 rings (SSSR count). The third-order valence-corrected chi connectivity index (χ3v) is 3.74. The van der Waals surface area contributed by atoms with Crippen LogP contribution in [0.5, 0.6) is 0 Å². The molecule has 5 heteroatoms. The van der Waals surface area contributed by atoms with Crippen molar-refractivity contribution in [2.75, 3.05) is 6.54 Å². The Kier molecular flexibility index (Phi) is 3.39. The van der Waals surface area contributed by atoms with Gasteiger partial charge in [0.1, 0.15) is 0 Å². The van der Waals surface area contributed by atoms with Gasteiger partial charge >= 0.3 is 5.97 Å². The number of nitrogens with zero attached hydrogens (tertiary/aromatic N) is 1. The first-order chi connectivity index (χ1) is 8.79. The molecule has 1 aromatic heterocycles. The summed E-state index contributed by atoms with van der Waals surface area (Å²) in [5, 5.41) is 8.98. The summed E-state index contributed by atoms with van der Waals surface area (Å²) in [4.78, 5) is 24.7. The molecule has 0 bridgehead atoms. The number of hydrogen-bond acceptors (Lipinski definition) is 3. The summed E-state index contributed by atoms with van der Waals surface area (Å²) in [6.07, 6.45) is 1.88. The van der Waals surface area contributed by atoms with Crippen molar-refractivity contribution in [1.82, 2.24) is 4.90 Å². The normalized spacial score (nSPS) is 20.1. The highest BCUT2D eigenvalue weighted by Crippen LogP contribution is 2.35. The summed E-state index contributed by atoms with van der Waals surface area (Å²) in [5.41, 5.74) is 0.631. The van der Waals surface area contributed by atoms with Crippen molar-refractivity contribution < 1.29 is 19.1 Å². The minimum atomic E-state index is -1.10. The van der Waals surface area contributed by atoms with Gasteiger partial charge in [-0.25, -0.2) is 4.79 Å². The molecular weight excluding hydrogens is 246 g/mol. The van der Waals surface area contributed by atoms with E-state index in [1.54, 1.807) is 11.0 Å². The Morgan fingerprint density at radius 1 is 1.53 bits per heavy atom. The standard InChI is InChI=1S/C14H19NO4/c1-14(2,3)10-6-11(16)15(8-10)7-9-4-5-19-12(9)13(17)18/h4-5,10H,6-8H2,1-3H3,(H,17,18). The Morgan fingerprint density at radius 2 is 2.21 bits per heavy atom. The molecule has 1 aromatic rings. The molecule has 19 heavy (non-hydrogen) atoms. The summed E-state index contributed by atoms with van der Waals surface area (Å²) in [5.74, 6) is -0.788. The van der Waals surface area contributed by atoms with Crippen molar-refractivity contribution in [1.29, 1.82) is 0 Å². The number of furan rings is 1. The molecule has 0 radical (unpaired) electrons. The van der Waals surface area contributed by atoms with Crippen LogP contribution in [0.3, 0.4) is 0 Å². The Labute approximate surface area is 112 Å². The summed E-state index contributed by atoms with van der Waals surface area (Å²) >= 11 is 0. The molecule has 1 saturated heterocycles. The molecular formula is C14H19NO4. The second-order valence-electron chi connectivity index (χ2n) is 6.12. The Morgan fingerprint density at radius 3 is 2.74 bits per heavy atom. The lowest BCUT2D eigenvalue weighted by Crippen LogP contribution is -2.27. The fourth-order valence-electron chi connectivity index (χ4n) is 2.36. The lowest BCUT2D eigenvalue weighted by Gasteiger charge is -2.26. The van der Waals surface area contributed by atoms with Gasteiger partial charge in [-0.05, 0) is 17.4 Å². The second kappa shape index (κ2) is 4.72. The minimum absolute atomic E-state index is 0.0768. The van der Waals surface area contributed by atoms with Crippen LogP contribution >= 0.6 is 0 Å². The van der Waals surface area contributed by atoms with E-state index in [-0.39, 0.29) is 17.1 Å². The summed E-state index contributed by atoms with van der Waals surface area (Å²) in [7, 11) is 0. The van der Waals surface area contributed by atoms with Gasteiger partial charge in [-0.15, -0.1) is 0 Å². The van der Waals surface area contributed by atoms with Crippen LogP contribution in [0.2, 0.25) is 0 Å². The number of carbonyl (C=O) groups excluding carboxylic acids is 1. The van der Waals surface area contributed by atoms with Crippen molar-refractivity contribution in [2.45, 2.75) is 33.7 Å². The maximum Gasteiger partial charge on any atom is 0.372 e. The van der Waals surface area contributed by atoms with Gasteiger partial charge in [0.2, 0.25) is 11.7 Å². The van der Waals surface area contributed by atoms with Gasteiger partial charge in [0.15, 0.2) is 0 Å². The molecule has 0 aromatic carbocycles. The highest BCUT2D eigenvalue weighted by Gasteiger charge is 2.37. The molecule has 1 unspecified atom stereocenters. The van der Waals surface area contributed by atoms with Crippen LogP contribution in [0, 0.1) is 11.3 Å². The zero-order valence-corrected chi connectivity index (χ0v) is 11.5. The zero-order valence-electron chi connectivity index (χ0n) is 11.5. The molecule has 5 nitrogen and oxygen atoms in total. The molecule has 104 valence electrons. The van der Waals surface area contributed by atoms with E-state index in [4.69, 9.17) is 9.52 Å². The second-order valence-corrected chi connectivity index (χ2v) is 6.12. The van der Waals surface area contributed by atoms with Crippen LogP contribution in [0.1, 0.15) is 43.3 Å². The number of carboxylic acid groups (broad SMARTS) is 1. The lowest BCUT2D eigenvalue weighted by atomic mass is 9.80. The van der Waals surface area contributed by atoms with Crippen LogP contribution in [0.15, 0.2) is 16.7 Å². The van der Waals surface area contributed by atoms with Crippen LogP contribution in [-0.4, -0.2) is 28.4 Å². The van der Waals surface area contributed by atoms with E-state index in [0.29, 0.717) is 31.0 Å². The average molecular weight is 265 g/mol. The third kappa shape index (κ3) is 2.80. The van der Waals surface area contributed by atoms with Gasteiger partial charge < -0.3 is 14.4 Å². The molecule has 0 saturated carbocycles. The van der Waals surface area contributed by atoms with E-state index in [2.05, 4.69) is 20.8 Å². The smallest absolute Gasteiger partial charge is 0.372 e. The number of amides is 1. The predicted octanol–water partition coefficient (Wildman–Crippen LogP) is 2.37. The monoisotopic (exact) mass is 265 g/mol. The number of likely N-dealkylation sites (tertiary alicyclic amines) is 1. The number of hydrogen-bond donors (Lipinski definition) is 1. The number of rotatable bonds is 3. The van der Waals surface area contributed by atoms with E-state index in [0.717, 1.165) is 0 Å². The largest absolute Gasteiger partial charge is 0.475 e. The lowest BCUT2D eigenvalue weighted by molar-refractivity contribution is -0.128. The highest BCUT2D eigenvalue weighted by molar-refractivity contribution is 5.86. The molecule has 1 N–H and O–H groups in total. The minimum Gasteiger partial charge on any atom is -0.475 e. The van der Waals surface area contributed by atoms with E-state index in [9.17, 15) is 9.59 Å². The number of carboxylic acids is 1. The number of aromatic carboxylic acids is 1. The number of carbonyl (C=O) groups is 2. The van der Waals surface area contributed by atoms with Crippen LogP contribution in [0.4, 0.5) is 0 Å². The molecule has 0 spiro atoms. The van der Waals surface area contributed by atoms with E-state index >= 15 is 0 Å². The molecule has 1 aliphatic rings. The molecule has 1 atom stereocenters. The van der Waals surface area contributed by atoms with Crippen LogP contribution < -0.4 is 0 Å². The van der Waals surface area contributed by atoms with Gasteiger partial charge in [-0.1, -0.05) is 20.8 Å². The molecule has 1 aliphatic heterocycles. The summed E-state index contributed by atoms with van der Waals surface area (Å²) in [6.45, 7) is 7.34. The van der Waals surface area contributed by atoms with E-state index in [1.807, 2.05) is 0 Å². The quantitative estimate of drug-likeness (QED) is 0.910. The predicted molar refractivity (Wildman–Crippen MR) is 68.6 cm³/mol. The SMILES string of the molecule is CC(C)(C)C1CC(=O)N(Cc2ccoc2C(=O)O)C1. The Bertz CT molecular complexity index is 498. The zero-order chi connectivity index (χ0) is 14.2. The fourth-order valence-corrected chi connectivity index (χ4v) is 2.36. The van der Waals surface area contributed by atoms with Crippen molar-refractivity contribution in [3.63, 3.8) is 0 Å². The third-order valence-electron chi connectivity index (χ3n) is 3.74. The van der Waals surface area contributed by atoms with Crippen LogP contribution in [0.25, 0.3) is 0 Å². The summed E-state index contributed by atoms with van der Waals surface area (Å²) < 4.78 is 4.93. The topological polar surface area (TPSA) is 70.8 Å². The van der Waals surface area contributed by atoms with Crippen molar-refractivity contribution >= 4 is 11.9 Å². The van der Waals surface area contributed by atoms with Gasteiger partial charge in [-0.2, -0.15) is 0 Å². The Hall–Kier alpha value is -1.78. The van der Waals surface area contributed by atoms with Gasteiger partial charge in [0.25, 0.3) is 0 Å². The average Bonchev–Trinajstić information content (AvgIpc) is 2.86. The maximum absolute atomic E-state index is 12.0. The molecule has 0 aliphatic carbocycles. The first kappa shape index (κ1) is 13.6. The highest BCUT2D eigenvalue weighted by atomic mass is 16.4. The van der Waals surface area contributed by atoms with Crippen molar-refractivity contribution in [3.05, 3.63) is 23.7 Å².